The van der Waals surface area contributed by atoms with E-state index in [-0.39, 0.29) is 6.10 Å². The number of aliphatic hydroxyl groups is 1. The highest BCUT2D eigenvalue weighted by Gasteiger charge is 2.41. The Bertz CT molecular complexity index is 451. The lowest BCUT2D eigenvalue weighted by Gasteiger charge is -2.21. The van der Waals surface area contributed by atoms with E-state index >= 15 is 0 Å². The monoisotopic (exact) mass is 310 g/mol. The zero-order chi connectivity index (χ0) is 12.7. The third-order valence-electron chi connectivity index (χ3n) is 4.44. The number of anilines is 1. The summed E-state index contributed by atoms with van der Waals surface area (Å²) < 4.78 is 1.08. The molecule has 0 aromatic heterocycles. The van der Waals surface area contributed by atoms with Gasteiger partial charge < -0.3 is 15.7 Å². The van der Waals surface area contributed by atoms with Crippen molar-refractivity contribution in [1.82, 2.24) is 0 Å². The molecule has 2 aliphatic rings. The molecule has 3 N–H and O–H groups in total. The molecule has 3 unspecified atom stereocenters. The molecule has 1 saturated carbocycles. The topological polar surface area (TPSA) is 49.5 Å². The average Bonchev–Trinajstić information content (AvgIpc) is 2.92. The second-order valence-electron chi connectivity index (χ2n) is 5.45. The summed E-state index contributed by atoms with van der Waals surface area (Å²) in [4.78, 5) is 2.39. The van der Waals surface area contributed by atoms with E-state index < -0.39 is 0 Å². The molecule has 98 valence electrons. The summed E-state index contributed by atoms with van der Waals surface area (Å²) in [5.41, 5.74) is 8.04. The van der Waals surface area contributed by atoms with E-state index in [0.29, 0.717) is 18.4 Å². The van der Waals surface area contributed by atoms with Crippen LogP contribution in [-0.4, -0.2) is 24.3 Å². The Labute approximate surface area is 116 Å². The Morgan fingerprint density at radius 1 is 1.33 bits per heavy atom. The van der Waals surface area contributed by atoms with Crippen LogP contribution in [0.4, 0.5) is 5.69 Å². The van der Waals surface area contributed by atoms with E-state index in [1.807, 2.05) is 0 Å². The van der Waals surface area contributed by atoms with Gasteiger partial charge in [-0.15, -0.1) is 0 Å². The minimum atomic E-state index is -0.0910. The third-order valence-corrected chi connectivity index (χ3v) is 5.18. The average molecular weight is 311 g/mol. The highest BCUT2D eigenvalue weighted by molar-refractivity contribution is 9.10. The Balaban J connectivity index is 1.79. The molecule has 0 amide bonds. The van der Waals surface area contributed by atoms with Gasteiger partial charge in [0, 0.05) is 35.7 Å². The van der Waals surface area contributed by atoms with E-state index in [0.717, 1.165) is 29.5 Å². The molecular weight excluding hydrogens is 292 g/mol. The summed E-state index contributed by atoms with van der Waals surface area (Å²) in [5, 5.41) is 9.95. The Hall–Kier alpha value is -0.580. The quantitative estimate of drug-likeness (QED) is 0.879. The number of nitrogens with two attached hydrogens (primary N) is 1. The summed E-state index contributed by atoms with van der Waals surface area (Å²) >= 11 is 3.57. The summed E-state index contributed by atoms with van der Waals surface area (Å²) in [6.07, 6.45) is 2.07. The van der Waals surface area contributed by atoms with E-state index in [2.05, 4.69) is 39.0 Å². The Morgan fingerprint density at radius 3 is 2.83 bits per heavy atom. The number of aliphatic hydroxyl groups excluding tert-OH is 1. The molecule has 1 saturated heterocycles. The highest BCUT2D eigenvalue weighted by atomic mass is 79.9. The van der Waals surface area contributed by atoms with Gasteiger partial charge in [0.2, 0.25) is 0 Å². The molecule has 0 radical (unpaired) electrons. The van der Waals surface area contributed by atoms with Crippen LogP contribution in [0, 0.1) is 11.8 Å². The SMILES string of the molecule is NCc1ccc(N2CC3CCC(O)C3C2)cc1Br. The van der Waals surface area contributed by atoms with E-state index in [9.17, 15) is 5.11 Å². The molecule has 0 bridgehead atoms. The third kappa shape index (κ3) is 2.06. The Kier molecular flexibility index (Phi) is 3.34. The van der Waals surface area contributed by atoms with Gasteiger partial charge in [0.1, 0.15) is 0 Å². The van der Waals surface area contributed by atoms with Crippen LogP contribution < -0.4 is 10.6 Å². The predicted molar refractivity (Wildman–Crippen MR) is 76.5 cm³/mol. The first-order valence-corrected chi connectivity index (χ1v) is 7.40. The van der Waals surface area contributed by atoms with Gasteiger partial charge in [0.05, 0.1) is 6.10 Å². The second-order valence-corrected chi connectivity index (χ2v) is 6.31. The van der Waals surface area contributed by atoms with Crippen molar-refractivity contribution in [3.63, 3.8) is 0 Å². The van der Waals surface area contributed by atoms with Gasteiger partial charge in [0.25, 0.3) is 0 Å². The molecule has 1 aromatic rings. The largest absolute Gasteiger partial charge is 0.393 e. The van der Waals surface area contributed by atoms with Crippen molar-refractivity contribution < 1.29 is 5.11 Å². The fourth-order valence-corrected chi connectivity index (χ4v) is 3.87. The zero-order valence-electron chi connectivity index (χ0n) is 10.3. The van der Waals surface area contributed by atoms with Crippen LogP contribution in [0.15, 0.2) is 22.7 Å². The molecule has 0 spiro atoms. The minimum Gasteiger partial charge on any atom is -0.393 e. The van der Waals surface area contributed by atoms with Crippen LogP contribution in [-0.2, 0) is 6.54 Å². The normalized spacial score (nSPS) is 30.8. The van der Waals surface area contributed by atoms with Crippen molar-refractivity contribution in [3.8, 4) is 0 Å². The van der Waals surface area contributed by atoms with Crippen LogP contribution in [0.3, 0.4) is 0 Å². The number of hydrogen-bond acceptors (Lipinski definition) is 3. The molecule has 18 heavy (non-hydrogen) atoms. The first-order valence-electron chi connectivity index (χ1n) is 6.60. The lowest BCUT2D eigenvalue weighted by Crippen LogP contribution is -2.24. The fraction of sp³-hybridized carbons (Fsp3) is 0.571. The maximum atomic E-state index is 9.95. The maximum Gasteiger partial charge on any atom is 0.0588 e. The van der Waals surface area contributed by atoms with E-state index in [4.69, 9.17) is 5.73 Å². The molecule has 3 atom stereocenters. The van der Waals surface area contributed by atoms with Gasteiger partial charge in [-0.3, -0.25) is 0 Å². The summed E-state index contributed by atoms with van der Waals surface area (Å²) in [7, 11) is 0. The lowest BCUT2D eigenvalue weighted by molar-refractivity contribution is 0.133. The van der Waals surface area contributed by atoms with Crippen molar-refractivity contribution in [2.24, 2.45) is 17.6 Å². The first kappa shape index (κ1) is 12.5. The predicted octanol–water partition coefficient (Wildman–Crippen LogP) is 2.11. The van der Waals surface area contributed by atoms with Gasteiger partial charge in [-0.1, -0.05) is 22.0 Å². The van der Waals surface area contributed by atoms with Gasteiger partial charge in [-0.2, -0.15) is 0 Å². The highest BCUT2D eigenvalue weighted by Crippen LogP contribution is 2.40. The first-order chi connectivity index (χ1) is 8.69. The van der Waals surface area contributed by atoms with Crippen molar-refractivity contribution in [2.45, 2.75) is 25.5 Å². The summed E-state index contributed by atoms with van der Waals surface area (Å²) in [5.74, 6) is 1.14. The van der Waals surface area contributed by atoms with Gasteiger partial charge >= 0.3 is 0 Å². The number of benzene rings is 1. The molecule has 3 rings (SSSR count). The van der Waals surface area contributed by atoms with E-state index in [1.165, 1.54) is 12.1 Å². The smallest absolute Gasteiger partial charge is 0.0588 e. The van der Waals surface area contributed by atoms with Crippen LogP contribution >= 0.6 is 15.9 Å². The van der Waals surface area contributed by atoms with Gasteiger partial charge in [-0.25, -0.2) is 0 Å². The number of hydrogen-bond donors (Lipinski definition) is 2. The van der Waals surface area contributed by atoms with Crippen LogP contribution in [0.2, 0.25) is 0 Å². The lowest BCUT2D eigenvalue weighted by atomic mass is 10.00. The van der Waals surface area contributed by atoms with Crippen molar-refractivity contribution in [2.75, 3.05) is 18.0 Å². The molecular formula is C14H19BrN2O. The molecule has 4 heteroatoms. The van der Waals surface area contributed by atoms with Crippen molar-refractivity contribution in [1.29, 1.82) is 0 Å². The Morgan fingerprint density at radius 2 is 2.17 bits per heavy atom. The van der Waals surface area contributed by atoms with Crippen LogP contribution in [0.1, 0.15) is 18.4 Å². The second kappa shape index (κ2) is 4.83. The number of nitrogens with zero attached hydrogens (tertiary/aromatic N) is 1. The van der Waals surface area contributed by atoms with Crippen molar-refractivity contribution >= 4 is 21.6 Å². The van der Waals surface area contributed by atoms with Crippen molar-refractivity contribution in [3.05, 3.63) is 28.2 Å². The maximum absolute atomic E-state index is 9.95. The molecule has 1 aliphatic carbocycles. The fourth-order valence-electron chi connectivity index (χ4n) is 3.35. The van der Waals surface area contributed by atoms with E-state index in [1.54, 1.807) is 0 Å². The molecule has 3 nitrogen and oxygen atoms in total. The number of halogens is 1. The molecule has 2 fully saturated rings. The molecule has 1 aliphatic heterocycles. The summed E-state index contributed by atoms with van der Waals surface area (Å²) in [6.45, 7) is 2.63. The van der Waals surface area contributed by atoms with Gasteiger partial charge in [-0.05, 0) is 36.5 Å². The standard InChI is InChI=1S/C14H19BrN2O/c15-13-5-11(3-1-9(13)6-16)17-7-10-2-4-14(18)12(10)8-17/h1,3,5,10,12,14,18H,2,4,6-8,16H2. The molecule has 1 aromatic carbocycles. The molecule has 1 heterocycles. The summed E-state index contributed by atoms with van der Waals surface area (Å²) in [6, 6.07) is 6.37. The van der Waals surface area contributed by atoms with Gasteiger partial charge in [0.15, 0.2) is 0 Å². The minimum absolute atomic E-state index is 0.0910. The zero-order valence-corrected chi connectivity index (χ0v) is 11.9. The number of rotatable bonds is 2. The van der Waals surface area contributed by atoms with Crippen LogP contribution in [0.25, 0.3) is 0 Å². The number of fused-ring (bicyclic) bond motifs is 1. The van der Waals surface area contributed by atoms with Crippen LogP contribution in [0.5, 0.6) is 0 Å².